The zero-order valence-corrected chi connectivity index (χ0v) is 9.09. The standard InChI is InChI=1S/C9H7BrF2N2O/c10-3-5-1-2-6(15-9(11)12)8-7(5)13-4-14-8/h1-2,4,9H,3H2,(H,13,14). The van der Waals surface area contributed by atoms with Crippen molar-refractivity contribution in [3.8, 4) is 5.75 Å². The summed E-state index contributed by atoms with van der Waals surface area (Å²) >= 11 is 3.30. The Balaban J connectivity index is 2.53. The highest BCUT2D eigenvalue weighted by atomic mass is 79.9. The van der Waals surface area contributed by atoms with E-state index in [0.29, 0.717) is 16.4 Å². The summed E-state index contributed by atoms with van der Waals surface area (Å²) in [6.07, 6.45) is 1.45. The zero-order chi connectivity index (χ0) is 10.8. The molecule has 1 N–H and O–H groups in total. The number of fused-ring (bicyclic) bond motifs is 1. The van der Waals surface area contributed by atoms with Crippen LogP contribution in [-0.2, 0) is 5.33 Å². The molecule has 0 aliphatic carbocycles. The number of aromatic nitrogens is 2. The first kappa shape index (κ1) is 10.4. The van der Waals surface area contributed by atoms with Crippen LogP contribution in [0.5, 0.6) is 5.75 Å². The van der Waals surface area contributed by atoms with Gasteiger partial charge < -0.3 is 9.72 Å². The Hall–Kier alpha value is -1.17. The average molecular weight is 277 g/mol. The smallest absolute Gasteiger partial charge is 0.387 e. The quantitative estimate of drug-likeness (QED) is 0.875. The summed E-state index contributed by atoms with van der Waals surface area (Å²) in [6.45, 7) is -2.83. The number of hydrogen-bond donors (Lipinski definition) is 1. The highest BCUT2D eigenvalue weighted by Gasteiger charge is 2.12. The highest BCUT2D eigenvalue weighted by molar-refractivity contribution is 9.08. The molecule has 3 nitrogen and oxygen atoms in total. The van der Waals surface area contributed by atoms with Gasteiger partial charge in [0.15, 0.2) is 5.75 Å². The molecule has 80 valence electrons. The van der Waals surface area contributed by atoms with Crippen LogP contribution in [0.15, 0.2) is 18.5 Å². The molecule has 0 saturated carbocycles. The third kappa shape index (κ3) is 1.94. The van der Waals surface area contributed by atoms with Crippen molar-refractivity contribution in [1.29, 1.82) is 0 Å². The predicted molar refractivity (Wildman–Crippen MR) is 55.4 cm³/mol. The summed E-state index contributed by atoms with van der Waals surface area (Å²) < 4.78 is 28.5. The van der Waals surface area contributed by atoms with Crippen LogP contribution >= 0.6 is 15.9 Å². The van der Waals surface area contributed by atoms with Gasteiger partial charge >= 0.3 is 6.61 Å². The van der Waals surface area contributed by atoms with Crippen molar-refractivity contribution in [2.45, 2.75) is 11.9 Å². The number of hydrogen-bond acceptors (Lipinski definition) is 2. The maximum atomic E-state index is 12.1. The summed E-state index contributed by atoms with van der Waals surface area (Å²) in [7, 11) is 0. The van der Waals surface area contributed by atoms with Crippen LogP contribution in [0.2, 0.25) is 0 Å². The fourth-order valence-electron chi connectivity index (χ4n) is 1.37. The van der Waals surface area contributed by atoms with Gasteiger partial charge in [0.05, 0.1) is 11.8 Å². The normalized spacial score (nSPS) is 11.2. The monoisotopic (exact) mass is 276 g/mol. The average Bonchev–Trinajstić information content (AvgIpc) is 2.66. The number of aromatic amines is 1. The van der Waals surface area contributed by atoms with Crippen LogP contribution < -0.4 is 4.74 Å². The van der Waals surface area contributed by atoms with Gasteiger partial charge in [-0.25, -0.2) is 4.98 Å². The number of alkyl halides is 3. The first-order valence-electron chi connectivity index (χ1n) is 4.18. The molecule has 15 heavy (non-hydrogen) atoms. The highest BCUT2D eigenvalue weighted by Crippen LogP contribution is 2.27. The van der Waals surface area contributed by atoms with E-state index >= 15 is 0 Å². The number of nitrogens with zero attached hydrogens (tertiary/aromatic N) is 1. The second-order valence-corrected chi connectivity index (χ2v) is 3.42. The van der Waals surface area contributed by atoms with Crippen molar-refractivity contribution in [2.24, 2.45) is 0 Å². The summed E-state index contributed by atoms with van der Waals surface area (Å²) in [4.78, 5) is 6.82. The Morgan fingerprint density at radius 1 is 1.47 bits per heavy atom. The molecule has 6 heteroatoms. The van der Waals surface area contributed by atoms with Crippen molar-refractivity contribution < 1.29 is 13.5 Å². The van der Waals surface area contributed by atoms with E-state index in [2.05, 4.69) is 30.6 Å². The molecule has 0 aliphatic heterocycles. The van der Waals surface area contributed by atoms with Crippen molar-refractivity contribution >= 4 is 27.0 Å². The molecule has 0 atom stereocenters. The number of halogens is 3. The topological polar surface area (TPSA) is 37.9 Å². The Morgan fingerprint density at radius 2 is 2.27 bits per heavy atom. The SMILES string of the molecule is FC(F)Oc1ccc(CBr)c2nc[nH]c12. The van der Waals surface area contributed by atoms with E-state index in [-0.39, 0.29) is 5.75 Å². The fraction of sp³-hybridized carbons (Fsp3) is 0.222. The zero-order valence-electron chi connectivity index (χ0n) is 7.51. The Bertz CT molecular complexity index is 472. The summed E-state index contributed by atoms with van der Waals surface area (Å²) in [5.41, 5.74) is 2.06. The number of benzene rings is 1. The lowest BCUT2D eigenvalue weighted by atomic mass is 10.2. The van der Waals surface area contributed by atoms with Gasteiger partial charge in [-0.3, -0.25) is 0 Å². The molecule has 0 radical (unpaired) electrons. The van der Waals surface area contributed by atoms with Crippen LogP contribution in [0.4, 0.5) is 8.78 Å². The van der Waals surface area contributed by atoms with E-state index in [4.69, 9.17) is 0 Å². The van der Waals surface area contributed by atoms with Crippen LogP contribution in [0.1, 0.15) is 5.56 Å². The summed E-state index contributed by atoms with van der Waals surface area (Å²) in [6, 6.07) is 3.21. The molecule has 2 rings (SSSR count). The van der Waals surface area contributed by atoms with Gasteiger partial charge in [0, 0.05) is 5.33 Å². The van der Waals surface area contributed by atoms with E-state index in [9.17, 15) is 8.78 Å². The molecular formula is C9H7BrF2N2O. The van der Waals surface area contributed by atoms with Crippen molar-refractivity contribution in [3.63, 3.8) is 0 Å². The van der Waals surface area contributed by atoms with E-state index < -0.39 is 6.61 Å². The van der Waals surface area contributed by atoms with E-state index in [1.807, 2.05) is 0 Å². The molecule has 0 fully saturated rings. The summed E-state index contributed by atoms with van der Waals surface area (Å²) in [5, 5.41) is 0.614. The number of nitrogens with one attached hydrogen (secondary N) is 1. The van der Waals surface area contributed by atoms with E-state index in [1.165, 1.54) is 12.4 Å². The van der Waals surface area contributed by atoms with Gasteiger partial charge in [0.2, 0.25) is 0 Å². The number of rotatable bonds is 3. The lowest BCUT2D eigenvalue weighted by Gasteiger charge is -2.06. The molecule has 0 bridgehead atoms. The van der Waals surface area contributed by atoms with Crippen molar-refractivity contribution in [2.75, 3.05) is 0 Å². The van der Waals surface area contributed by atoms with Gasteiger partial charge in [0.1, 0.15) is 5.52 Å². The second kappa shape index (κ2) is 4.14. The molecule has 1 aromatic heterocycles. The van der Waals surface area contributed by atoms with Gasteiger partial charge in [-0.05, 0) is 11.6 Å². The molecular weight excluding hydrogens is 270 g/mol. The lowest BCUT2D eigenvalue weighted by molar-refractivity contribution is -0.0489. The Morgan fingerprint density at radius 3 is 2.93 bits per heavy atom. The maximum absolute atomic E-state index is 12.1. The molecule has 0 amide bonds. The van der Waals surface area contributed by atoms with Gasteiger partial charge in [-0.1, -0.05) is 22.0 Å². The largest absolute Gasteiger partial charge is 0.433 e. The van der Waals surface area contributed by atoms with E-state index in [0.717, 1.165) is 5.56 Å². The molecule has 1 heterocycles. The van der Waals surface area contributed by atoms with Gasteiger partial charge in [0.25, 0.3) is 0 Å². The van der Waals surface area contributed by atoms with Crippen LogP contribution in [0.25, 0.3) is 11.0 Å². The molecule has 2 aromatic rings. The number of H-pyrrole nitrogens is 1. The molecule has 0 unspecified atom stereocenters. The minimum Gasteiger partial charge on any atom is -0.433 e. The first-order chi connectivity index (χ1) is 7.22. The Labute approximate surface area is 92.6 Å². The van der Waals surface area contributed by atoms with Crippen molar-refractivity contribution in [3.05, 3.63) is 24.0 Å². The third-order valence-corrected chi connectivity index (χ3v) is 2.59. The minimum atomic E-state index is -2.83. The van der Waals surface area contributed by atoms with Crippen LogP contribution in [0, 0.1) is 0 Å². The fourth-order valence-corrected chi connectivity index (χ4v) is 1.82. The molecule has 0 saturated heterocycles. The number of ether oxygens (including phenoxy) is 1. The van der Waals surface area contributed by atoms with E-state index in [1.54, 1.807) is 6.07 Å². The van der Waals surface area contributed by atoms with Crippen molar-refractivity contribution in [1.82, 2.24) is 9.97 Å². The predicted octanol–water partition coefficient (Wildman–Crippen LogP) is 3.06. The molecule has 1 aromatic carbocycles. The lowest BCUT2D eigenvalue weighted by Crippen LogP contribution is -2.02. The third-order valence-electron chi connectivity index (χ3n) is 1.99. The summed E-state index contributed by atoms with van der Waals surface area (Å²) in [5.74, 6) is 0.113. The van der Waals surface area contributed by atoms with Crippen LogP contribution in [0.3, 0.4) is 0 Å². The van der Waals surface area contributed by atoms with Gasteiger partial charge in [-0.2, -0.15) is 8.78 Å². The number of imidazole rings is 1. The molecule has 0 aliphatic rings. The maximum Gasteiger partial charge on any atom is 0.387 e. The second-order valence-electron chi connectivity index (χ2n) is 2.86. The minimum absolute atomic E-state index is 0.113. The first-order valence-corrected chi connectivity index (χ1v) is 5.30. The van der Waals surface area contributed by atoms with Crippen LogP contribution in [-0.4, -0.2) is 16.6 Å². The van der Waals surface area contributed by atoms with Gasteiger partial charge in [-0.15, -0.1) is 0 Å². The Kier molecular flexibility index (Phi) is 2.86. The molecule has 0 spiro atoms.